The zero-order valence-electron chi connectivity index (χ0n) is 14.5. The summed E-state index contributed by atoms with van der Waals surface area (Å²) in [7, 11) is 7.14. The number of nitrogens with zero attached hydrogens (tertiary/aromatic N) is 4. The number of fused-ring (bicyclic) bond motifs is 1. The van der Waals surface area contributed by atoms with Crippen LogP contribution in [0.1, 0.15) is 20.3 Å². The fourth-order valence-electron chi connectivity index (χ4n) is 3.91. The minimum absolute atomic E-state index is 0.442. The van der Waals surface area contributed by atoms with E-state index < -0.39 is 29.5 Å². The summed E-state index contributed by atoms with van der Waals surface area (Å²) < 4.78 is 5.61. The number of carbonyl (C=O) groups is 2. The van der Waals surface area contributed by atoms with Crippen LogP contribution in [-0.2, 0) is 19.2 Å². The lowest BCUT2D eigenvalue weighted by molar-refractivity contribution is -0.298. The topological polar surface area (TPSA) is 84.0 Å². The van der Waals surface area contributed by atoms with Crippen molar-refractivity contribution in [2.24, 2.45) is 0 Å². The van der Waals surface area contributed by atoms with Crippen LogP contribution in [0.25, 0.3) is 0 Å². The molecule has 2 aliphatic heterocycles. The molecule has 23 heavy (non-hydrogen) atoms. The molecular weight excluding hydrogens is 308 g/mol. The van der Waals surface area contributed by atoms with Gasteiger partial charge in [-0.15, -0.1) is 0 Å². The number of rotatable bonds is 6. The molecule has 2 rings (SSSR count). The summed E-state index contributed by atoms with van der Waals surface area (Å²) in [4.78, 5) is 42.8. The van der Waals surface area contributed by atoms with E-state index in [4.69, 9.17) is 19.2 Å². The second kappa shape index (κ2) is 5.78. The highest BCUT2D eigenvalue weighted by Gasteiger charge is 2.81. The Morgan fingerprint density at radius 2 is 1.43 bits per heavy atom. The van der Waals surface area contributed by atoms with Crippen molar-refractivity contribution >= 4 is 12.1 Å². The molecule has 3 unspecified atom stereocenters. The number of methoxy groups -OCH3 is 1. The van der Waals surface area contributed by atoms with Crippen molar-refractivity contribution in [3.63, 3.8) is 0 Å². The number of ether oxygens (including phenoxy) is 1. The number of hydroxylamine groups is 6. The molecule has 0 aromatic heterocycles. The maximum absolute atomic E-state index is 12.8. The van der Waals surface area contributed by atoms with Gasteiger partial charge in [0.15, 0.2) is 0 Å². The predicted octanol–water partition coefficient (Wildman–Crippen LogP) is 0.613. The molecule has 2 heterocycles. The highest BCUT2D eigenvalue weighted by molar-refractivity contribution is 5.86. The zero-order valence-corrected chi connectivity index (χ0v) is 14.5. The largest absolute Gasteiger partial charge is 0.377 e. The summed E-state index contributed by atoms with van der Waals surface area (Å²) in [6.07, 6.45) is -0.0305. The van der Waals surface area contributed by atoms with E-state index in [9.17, 15) is 9.59 Å². The molecule has 132 valence electrons. The molecule has 0 spiro atoms. The van der Waals surface area contributed by atoms with Crippen LogP contribution < -0.4 is 0 Å². The molecule has 0 aromatic carbocycles. The van der Waals surface area contributed by atoms with Gasteiger partial charge in [-0.05, 0) is 13.3 Å². The summed E-state index contributed by atoms with van der Waals surface area (Å²) in [6, 6.07) is -1.00. The van der Waals surface area contributed by atoms with Crippen molar-refractivity contribution in [3.8, 4) is 0 Å². The van der Waals surface area contributed by atoms with Gasteiger partial charge in [-0.3, -0.25) is 19.4 Å². The first-order valence-electron chi connectivity index (χ1n) is 7.21. The minimum Gasteiger partial charge on any atom is -0.377 e. The van der Waals surface area contributed by atoms with Crippen LogP contribution in [0, 0.1) is 0 Å². The van der Waals surface area contributed by atoms with Crippen molar-refractivity contribution in [1.82, 2.24) is 20.1 Å². The molecule has 0 aliphatic carbocycles. The Morgan fingerprint density at radius 1 is 0.957 bits per heavy atom. The van der Waals surface area contributed by atoms with Gasteiger partial charge in [0.2, 0.25) is 11.3 Å². The summed E-state index contributed by atoms with van der Waals surface area (Å²) in [6.45, 7) is 3.56. The maximum atomic E-state index is 12.8. The van der Waals surface area contributed by atoms with E-state index in [1.54, 1.807) is 14.0 Å². The summed E-state index contributed by atoms with van der Waals surface area (Å²) in [5, 5.41) is 3.25. The molecular formula is C13H24N4O6. The third-order valence-corrected chi connectivity index (χ3v) is 4.77. The van der Waals surface area contributed by atoms with E-state index >= 15 is 0 Å². The highest BCUT2D eigenvalue weighted by Crippen LogP contribution is 2.53. The molecule has 0 N–H and O–H groups in total. The molecule has 10 heteroatoms. The number of urea groups is 2. The van der Waals surface area contributed by atoms with Crippen molar-refractivity contribution in [3.05, 3.63) is 0 Å². The van der Waals surface area contributed by atoms with Crippen LogP contribution in [0.5, 0.6) is 0 Å². The zero-order chi connectivity index (χ0) is 17.6. The molecule has 10 nitrogen and oxygen atoms in total. The Labute approximate surface area is 135 Å². The van der Waals surface area contributed by atoms with Crippen LogP contribution in [0.4, 0.5) is 9.59 Å². The molecule has 0 aromatic rings. The lowest BCUT2D eigenvalue weighted by atomic mass is 9.88. The lowest BCUT2D eigenvalue weighted by Crippen LogP contribution is -2.71. The summed E-state index contributed by atoms with van der Waals surface area (Å²) >= 11 is 0. The molecule has 0 bridgehead atoms. The van der Waals surface area contributed by atoms with Crippen LogP contribution in [0.3, 0.4) is 0 Å². The maximum Gasteiger partial charge on any atom is 0.372 e. The summed E-state index contributed by atoms with van der Waals surface area (Å²) in [5.41, 5.74) is -2.63. The fourth-order valence-corrected chi connectivity index (χ4v) is 3.91. The van der Waals surface area contributed by atoms with Gasteiger partial charge in [-0.1, -0.05) is 6.92 Å². The van der Waals surface area contributed by atoms with Crippen molar-refractivity contribution in [2.75, 3.05) is 35.5 Å². The van der Waals surface area contributed by atoms with Crippen molar-refractivity contribution < 1.29 is 28.8 Å². The smallest absolute Gasteiger partial charge is 0.372 e. The Morgan fingerprint density at radius 3 is 1.83 bits per heavy atom. The fraction of sp³-hybridized carbons (Fsp3) is 0.846. The Kier molecular flexibility index (Phi) is 4.46. The number of carbonyl (C=O) groups excluding carboxylic acids is 2. The second-order valence-electron chi connectivity index (χ2n) is 5.43. The van der Waals surface area contributed by atoms with E-state index in [0.717, 1.165) is 15.2 Å². The minimum atomic E-state index is -1.33. The van der Waals surface area contributed by atoms with Gasteiger partial charge in [-0.2, -0.15) is 15.2 Å². The average Bonchev–Trinajstić information content (AvgIpc) is 2.82. The second-order valence-corrected chi connectivity index (χ2v) is 5.43. The first kappa shape index (κ1) is 17.7. The van der Waals surface area contributed by atoms with Crippen LogP contribution >= 0.6 is 0 Å². The van der Waals surface area contributed by atoms with Gasteiger partial charge in [0.25, 0.3) is 0 Å². The van der Waals surface area contributed by atoms with Gasteiger partial charge >= 0.3 is 12.1 Å². The first-order valence-corrected chi connectivity index (χ1v) is 7.21. The number of hydrogen-bond donors (Lipinski definition) is 0. The molecule has 4 amide bonds. The van der Waals surface area contributed by atoms with Crippen LogP contribution in [0.2, 0.25) is 0 Å². The predicted molar refractivity (Wildman–Crippen MR) is 77.3 cm³/mol. The van der Waals surface area contributed by atoms with Gasteiger partial charge in [-0.25, -0.2) is 9.59 Å². The lowest BCUT2D eigenvalue weighted by Gasteiger charge is -2.47. The molecule has 0 saturated carbocycles. The van der Waals surface area contributed by atoms with Gasteiger partial charge in [0.1, 0.15) is 6.10 Å². The standard InChI is InChI=1S/C13H24N4O6/c1-8-9(20-4)13-12(2,15(21-5)10(18)14(13)3)16(22-6)11(19)17(13)23-7/h9H,8H2,1-7H3. The van der Waals surface area contributed by atoms with E-state index in [0.29, 0.717) is 6.42 Å². The van der Waals surface area contributed by atoms with Gasteiger partial charge in [0.05, 0.1) is 21.3 Å². The van der Waals surface area contributed by atoms with Gasteiger partial charge < -0.3 is 4.74 Å². The van der Waals surface area contributed by atoms with E-state index in [1.165, 1.54) is 33.3 Å². The third-order valence-electron chi connectivity index (χ3n) is 4.77. The van der Waals surface area contributed by atoms with E-state index in [2.05, 4.69) is 0 Å². The molecule has 3 atom stereocenters. The first-order chi connectivity index (χ1) is 10.8. The molecule has 2 fully saturated rings. The van der Waals surface area contributed by atoms with Crippen LogP contribution in [-0.4, -0.2) is 85.1 Å². The summed E-state index contributed by atoms with van der Waals surface area (Å²) in [5.74, 6) is 0. The van der Waals surface area contributed by atoms with Crippen molar-refractivity contribution in [1.29, 1.82) is 0 Å². The molecule has 2 saturated heterocycles. The Bertz CT molecular complexity index is 501. The monoisotopic (exact) mass is 332 g/mol. The normalized spacial score (nSPS) is 32.1. The van der Waals surface area contributed by atoms with E-state index in [1.807, 2.05) is 6.92 Å². The molecule has 2 aliphatic rings. The Balaban J connectivity index is 2.80. The quantitative estimate of drug-likeness (QED) is 0.709. The number of likely N-dealkylation sites (N-methyl/N-ethyl adjacent to an activating group) is 1. The number of amides is 4. The number of hydrogen-bond acceptors (Lipinski definition) is 6. The highest BCUT2D eigenvalue weighted by atomic mass is 16.8. The van der Waals surface area contributed by atoms with Crippen LogP contribution in [0.15, 0.2) is 0 Å². The van der Waals surface area contributed by atoms with E-state index in [-0.39, 0.29) is 0 Å². The molecule has 0 radical (unpaired) electrons. The Hall–Kier alpha value is -1.62. The average molecular weight is 332 g/mol. The van der Waals surface area contributed by atoms with Gasteiger partial charge in [0, 0.05) is 14.2 Å². The SMILES string of the molecule is CCC(OC)C12N(C)C(=O)N(OC)C1(C)N(OC)C(=O)N2OC. The third kappa shape index (κ3) is 1.71. The van der Waals surface area contributed by atoms with Crippen molar-refractivity contribution in [2.45, 2.75) is 37.7 Å².